The summed E-state index contributed by atoms with van der Waals surface area (Å²) in [6.07, 6.45) is 0.887. The predicted molar refractivity (Wildman–Crippen MR) is 135 cm³/mol. The highest BCUT2D eigenvalue weighted by Gasteiger charge is 2.36. The third-order valence-electron chi connectivity index (χ3n) is 6.70. The molecule has 4 aromatic rings. The number of rotatable bonds is 7. The summed E-state index contributed by atoms with van der Waals surface area (Å²) < 4.78 is 11.2. The van der Waals surface area contributed by atoms with Crippen molar-refractivity contribution in [3.8, 4) is 5.75 Å². The molecular weight excluding hydrogens is 440 g/mol. The van der Waals surface area contributed by atoms with E-state index in [-0.39, 0.29) is 18.5 Å². The van der Waals surface area contributed by atoms with Crippen LogP contribution in [0.1, 0.15) is 28.1 Å². The lowest BCUT2D eigenvalue weighted by Crippen LogP contribution is -2.59. The predicted octanol–water partition coefficient (Wildman–Crippen LogP) is 4.72. The molecule has 2 atom stereocenters. The van der Waals surface area contributed by atoms with E-state index >= 15 is 0 Å². The van der Waals surface area contributed by atoms with Crippen LogP contribution in [0.4, 0.5) is 0 Å². The topological polar surface area (TPSA) is 66.2 Å². The molecule has 1 saturated heterocycles. The average molecular weight is 471 g/mol. The van der Waals surface area contributed by atoms with E-state index in [2.05, 4.69) is 17.0 Å². The molecule has 3 aromatic carbocycles. The molecule has 1 aliphatic rings. The van der Waals surface area contributed by atoms with E-state index in [0.29, 0.717) is 24.4 Å². The third kappa shape index (κ3) is 5.24. The Bertz CT molecular complexity index is 1250. The van der Waals surface area contributed by atoms with Gasteiger partial charge in [-0.25, -0.2) is 0 Å². The van der Waals surface area contributed by atoms with E-state index in [4.69, 9.17) is 9.15 Å². The summed E-state index contributed by atoms with van der Waals surface area (Å²) >= 11 is 0. The lowest BCUT2D eigenvalue weighted by atomic mass is 10.00. The lowest BCUT2D eigenvalue weighted by molar-refractivity contribution is -0.0856. The Morgan fingerprint density at radius 1 is 0.971 bits per heavy atom. The van der Waals surface area contributed by atoms with Crippen molar-refractivity contribution < 1.29 is 19.1 Å². The second-order valence-electron chi connectivity index (χ2n) is 9.04. The van der Waals surface area contributed by atoms with Crippen LogP contribution in [0.5, 0.6) is 5.75 Å². The molecule has 1 fully saturated rings. The van der Waals surface area contributed by atoms with Gasteiger partial charge in [-0.3, -0.25) is 9.69 Å². The van der Waals surface area contributed by atoms with E-state index in [9.17, 15) is 9.90 Å². The first kappa shape index (κ1) is 23.1. The van der Waals surface area contributed by atoms with E-state index < -0.39 is 6.23 Å². The fourth-order valence-corrected chi connectivity index (χ4v) is 4.84. The largest absolute Gasteiger partial charge is 0.497 e. The normalized spacial score (nSPS) is 18.6. The molecule has 1 aromatic heterocycles. The van der Waals surface area contributed by atoms with Crippen molar-refractivity contribution in [2.45, 2.75) is 31.7 Å². The minimum atomic E-state index is -0.788. The quantitative estimate of drug-likeness (QED) is 0.423. The highest BCUT2D eigenvalue weighted by Crippen LogP contribution is 2.26. The molecule has 35 heavy (non-hydrogen) atoms. The van der Waals surface area contributed by atoms with Gasteiger partial charge in [-0.2, -0.15) is 0 Å². The molecule has 0 saturated carbocycles. The van der Waals surface area contributed by atoms with E-state index in [1.807, 2.05) is 66.7 Å². The lowest BCUT2D eigenvalue weighted by Gasteiger charge is -2.44. The van der Waals surface area contributed by atoms with Crippen molar-refractivity contribution in [1.82, 2.24) is 9.80 Å². The van der Waals surface area contributed by atoms with Gasteiger partial charge in [0.15, 0.2) is 5.76 Å². The van der Waals surface area contributed by atoms with E-state index in [0.717, 1.165) is 29.5 Å². The monoisotopic (exact) mass is 470 g/mol. The van der Waals surface area contributed by atoms with Gasteiger partial charge in [0.25, 0.3) is 5.91 Å². The first-order chi connectivity index (χ1) is 17.1. The van der Waals surface area contributed by atoms with Gasteiger partial charge < -0.3 is 19.2 Å². The minimum absolute atomic E-state index is 0.0153. The van der Waals surface area contributed by atoms with Crippen molar-refractivity contribution in [3.05, 3.63) is 102 Å². The number of amides is 1. The van der Waals surface area contributed by atoms with Crippen LogP contribution in [0.15, 0.2) is 89.3 Å². The molecule has 1 amide bonds. The Hall–Kier alpha value is -3.61. The first-order valence-electron chi connectivity index (χ1n) is 12.0. The summed E-state index contributed by atoms with van der Waals surface area (Å²) in [5.41, 5.74) is 2.99. The fraction of sp³-hybridized carbons (Fsp3) is 0.276. The Morgan fingerprint density at radius 2 is 1.74 bits per heavy atom. The maximum absolute atomic E-state index is 13.4. The second kappa shape index (κ2) is 10.3. The second-order valence-corrected chi connectivity index (χ2v) is 9.04. The molecule has 1 aliphatic heterocycles. The number of hydrogen-bond donors (Lipinski definition) is 1. The Morgan fingerprint density at radius 3 is 2.54 bits per heavy atom. The van der Waals surface area contributed by atoms with Gasteiger partial charge >= 0.3 is 0 Å². The number of carbonyl (C=O) groups excluding carboxylic acids is 1. The van der Waals surface area contributed by atoms with Crippen molar-refractivity contribution in [1.29, 1.82) is 0 Å². The molecule has 0 radical (unpaired) electrons. The fourth-order valence-electron chi connectivity index (χ4n) is 4.84. The zero-order valence-electron chi connectivity index (χ0n) is 19.8. The van der Waals surface area contributed by atoms with Crippen LogP contribution in [0.3, 0.4) is 0 Å². The molecule has 0 spiro atoms. The molecule has 2 heterocycles. The highest BCUT2D eigenvalue weighted by molar-refractivity contribution is 5.96. The van der Waals surface area contributed by atoms with Crippen molar-refractivity contribution >= 4 is 16.9 Å². The standard InChI is InChI=1S/C29H30N2O4/c1-34-25-12-7-10-22(16-25)18-31-24(15-14-21-8-3-2-4-9-21)19-30(20-28(31)32)29(33)27-17-23-11-5-6-13-26(23)35-27/h2-13,16-17,24,28,32H,14-15,18-20H2,1H3/t24-,28?/m0/s1. The van der Waals surface area contributed by atoms with Crippen LogP contribution in [0, 0.1) is 0 Å². The number of para-hydroxylation sites is 1. The average Bonchev–Trinajstić information content (AvgIpc) is 3.33. The summed E-state index contributed by atoms with van der Waals surface area (Å²) in [5.74, 6) is 0.906. The molecule has 180 valence electrons. The van der Waals surface area contributed by atoms with Gasteiger partial charge in [-0.15, -0.1) is 0 Å². The van der Waals surface area contributed by atoms with Crippen LogP contribution >= 0.6 is 0 Å². The Kier molecular flexibility index (Phi) is 6.84. The van der Waals surface area contributed by atoms with E-state index in [1.165, 1.54) is 5.56 Å². The number of methoxy groups -OCH3 is 1. The summed E-state index contributed by atoms with van der Waals surface area (Å²) in [7, 11) is 1.65. The van der Waals surface area contributed by atoms with Crippen molar-refractivity contribution in [2.24, 2.45) is 0 Å². The number of piperazine rings is 1. The molecule has 0 bridgehead atoms. The number of ether oxygens (including phenoxy) is 1. The van der Waals surface area contributed by atoms with Crippen molar-refractivity contribution in [3.63, 3.8) is 0 Å². The number of aliphatic hydroxyl groups excluding tert-OH is 1. The van der Waals surface area contributed by atoms with Gasteiger partial charge in [0.1, 0.15) is 17.6 Å². The van der Waals surface area contributed by atoms with Crippen LogP contribution < -0.4 is 4.74 Å². The summed E-state index contributed by atoms with van der Waals surface area (Å²) in [5, 5.41) is 12.1. The van der Waals surface area contributed by atoms with Gasteiger partial charge in [-0.05, 0) is 48.2 Å². The highest BCUT2D eigenvalue weighted by atomic mass is 16.5. The maximum Gasteiger partial charge on any atom is 0.289 e. The smallest absolute Gasteiger partial charge is 0.289 e. The van der Waals surface area contributed by atoms with Gasteiger partial charge in [-0.1, -0.05) is 60.7 Å². The summed E-state index contributed by atoms with van der Waals surface area (Å²) in [6, 6.07) is 27.6. The first-order valence-corrected chi connectivity index (χ1v) is 12.0. The number of nitrogens with zero attached hydrogens (tertiary/aromatic N) is 2. The number of aliphatic hydroxyl groups is 1. The maximum atomic E-state index is 13.4. The molecule has 0 aliphatic carbocycles. The molecule has 1 N–H and O–H groups in total. The van der Waals surface area contributed by atoms with Gasteiger partial charge in [0, 0.05) is 24.5 Å². The Balaban J connectivity index is 1.37. The van der Waals surface area contributed by atoms with Gasteiger partial charge in [0.2, 0.25) is 0 Å². The number of β-amino-alcohol motifs (C(OH)–C–C–N with tert-alkyl or cyclic N) is 1. The molecular formula is C29H30N2O4. The molecule has 5 rings (SSSR count). The number of fused-ring (bicyclic) bond motifs is 1. The number of aryl methyl sites for hydroxylation is 1. The summed E-state index contributed by atoms with van der Waals surface area (Å²) in [6.45, 7) is 1.32. The number of benzene rings is 3. The zero-order valence-corrected chi connectivity index (χ0v) is 19.8. The van der Waals surface area contributed by atoms with Crippen LogP contribution in [0.2, 0.25) is 0 Å². The van der Waals surface area contributed by atoms with Crippen LogP contribution in [-0.2, 0) is 13.0 Å². The van der Waals surface area contributed by atoms with Crippen LogP contribution in [-0.4, -0.2) is 53.3 Å². The molecule has 6 nitrogen and oxygen atoms in total. The van der Waals surface area contributed by atoms with Crippen molar-refractivity contribution in [2.75, 3.05) is 20.2 Å². The number of furan rings is 1. The minimum Gasteiger partial charge on any atom is -0.497 e. The van der Waals surface area contributed by atoms with E-state index in [1.54, 1.807) is 18.1 Å². The van der Waals surface area contributed by atoms with Crippen LogP contribution in [0.25, 0.3) is 11.0 Å². The molecule has 6 heteroatoms. The summed E-state index contributed by atoms with van der Waals surface area (Å²) in [4.78, 5) is 17.2. The number of carbonyl (C=O) groups is 1. The Labute approximate surface area is 205 Å². The number of hydrogen-bond acceptors (Lipinski definition) is 5. The molecule has 1 unspecified atom stereocenters. The van der Waals surface area contributed by atoms with Gasteiger partial charge in [0.05, 0.1) is 13.7 Å². The zero-order chi connectivity index (χ0) is 24.2. The third-order valence-corrected chi connectivity index (χ3v) is 6.70. The SMILES string of the molecule is COc1cccc(CN2C(O)CN(C(=O)c3cc4ccccc4o3)C[C@@H]2CCc2ccccc2)c1.